The van der Waals surface area contributed by atoms with Crippen LogP contribution in [0.25, 0.3) is 16.7 Å². The monoisotopic (exact) mass is 540 g/mol. The van der Waals surface area contributed by atoms with Crippen molar-refractivity contribution in [1.82, 2.24) is 9.88 Å². The van der Waals surface area contributed by atoms with Crippen LogP contribution in [0.1, 0.15) is 49.9 Å². The lowest BCUT2D eigenvalue weighted by Gasteiger charge is -2.34. The molecule has 0 radical (unpaired) electrons. The molecule has 0 aliphatic carbocycles. The van der Waals surface area contributed by atoms with Crippen LogP contribution in [0.2, 0.25) is 0 Å². The van der Waals surface area contributed by atoms with Crippen molar-refractivity contribution >= 4 is 34.9 Å². The maximum absolute atomic E-state index is 13.5. The summed E-state index contributed by atoms with van der Waals surface area (Å²) in [5.74, 6) is 0.304. The number of pyridine rings is 1. The number of carbonyl (C=O) groups is 3. The molecule has 2 aromatic carbocycles. The van der Waals surface area contributed by atoms with Gasteiger partial charge in [-0.1, -0.05) is 31.5 Å². The van der Waals surface area contributed by atoms with E-state index < -0.39 is 6.09 Å². The summed E-state index contributed by atoms with van der Waals surface area (Å²) < 4.78 is 5.26. The van der Waals surface area contributed by atoms with Gasteiger partial charge in [-0.05, 0) is 72.4 Å². The zero-order valence-electron chi connectivity index (χ0n) is 22.5. The van der Waals surface area contributed by atoms with Crippen LogP contribution in [0.4, 0.5) is 16.2 Å². The second-order valence-electron chi connectivity index (χ2n) is 10.2. The van der Waals surface area contributed by atoms with E-state index >= 15 is 0 Å². The van der Waals surface area contributed by atoms with Crippen LogP contribution in [-0.4, -0.2) is 46.6 Å². The predicted molar refractivity (Wildman–Crippen MR) is 153 cm³/mol. The van der Waals surface area contributed by atoms with E-state index in [9.17, 15) is 14.4 Å². The first kappa shape index (κ1) is 26.9. The highest BCUT2D eigenvalue weighted by Gasteiger charge is 2.30. The average Bonchev–Trinajstić information content (AvgIpc) is 2.95. The Morgan fingerprint density at radius 1 is 1.07 bits per heavy atom. The number of benzene rings is 2. The molecule has 206 valence electrons. The number of nitrogens with one attached hydrogen (secondary N) is 2. The van der Waals surface area contributed by atoms with E-state index in [4.69, 9.17) is 9.84 Å². The largest absolute Gasteiger partial charge is 0.497 e. The Kier molecular flexibility index (Phi) is 7.82. The van der Waals surface area contributed by atoms with E-state index in [2.05, 4.69) is 15.6 Å². The molecule has 2 aliphatic rings. The smallest absolute Gasteiger partial charge is 0.409 e. The molecule has 9 nitrogen and oxygen atoms in total. The van der Waals surface area contributed by atoms with Gasteiger partial charge in [0.25, 0.3) is 0 Å². The summed E-state index contributed by atoms with van der Waals surface area (Å²) in [4.78, 5) is 44.3. The molecular formula is C31H32N4O5. The lowest BCUT2D eigenvalue weighted by Crippen LogP contribution is -2.38. The summed E-state index contributed by atoms with van der Waals surface area (Å²) in [5, 5.41) is 14.5. The minimum Gasteiger partial charge on any atom is -0.497 e. The molecule has 2 aliphatic heterocycles. The van der Waals surface area contributed by atoms with Crippen molar-refractivity contribution in [1.29, 1.82) is 0 Å². The third kappa shape index (κ3) is 5.83. The van der Waals surface area contributed by atoms with Gasteiger partial charge in [0.1, 0.15) is 5.75 Å². The first-order valence-corrected chi connectivity index (χ1v) is 13.4. The van der Waals surface area contributed by atoms with Crippen molar-refractivity contribution in [2.45, 2.75) is 38.6 Å². The van der Waals surface area contributed by atoms with Crippen molar-refractivity contribution in [3.05, 3.63) is 78.1 Å². The molecule has 0 spiro atoms. The minimum absolute atomic E-state index is 0.0584. The molecule has 2 bridgehead atoms. The quantitative estimate of drug-likeness (QED) is 0.375. The van der Waals surface area contributed by atoms with E-state index in [0.29, 0.717) is 30.8 Å². The van der Waals surface area contributed by atoms with Gasteiger partial charge in [-0.3, -0.25) is 19.9 Å². The first-order valence-electron chi connectivity index (χ1n) is 13.4. The predicted octanol–water partition coefficient (Wildman–Crippen LogP) is 5.96. The second kappa shape index (κ2) is 11.6. The number of rotatable bonds is 4. The minimum atomic E-state index is -1.18. The summed E-state index contributed by atoms with van der Waals surface area (Å²) >= 11 is 0. The summed E-state index contributed by atoms with van der Waals surface area (Å²) in [7, 11) is 1.63. The number of ether oxygens (including phenoxy) is 1. The number of carbonyl (C=O) groups excluding carboxylic acids is 2. The first-order chi connectivity index (χ1) is 19.3. The normalized spacial score (nSPS) is 19.4. The van der Waals surface area contributed by atoms with Crippen LogP contribution >= 0.6 is 0 Å². The van der Waals surface area contributed by atoms with E-state index in [1.165, 1.54) is 0 Å². The highest BCUT2D eigenvalue weighted by atomic mass is 16.5. The number of carboxylic acid groups (broad SMARTS) is 1. The molecule has 3 aromatic rings. The van der Waals surface area contributed by atoms with Crippen LogP contribution in [0, 0.1) is 5.92 Å². The molecule has 40 heavy (non-hydrogen) atoms. The van der Waals surface area contributed by atoms with Crippen molar-refractivity contribution in [3.63, 3.8) is 0 Å². The SMILES string of the molecule is COc1ccc(C2=CC(=O)N([C@H]3CCC[C@@H](C)C(=O)Nc4cc(NC(=O)O)ccc4-c4ccnc3c4)CC2)cc1. The van der Waals surface area contributed by atoms with E-state index in [-0.39, 0.29) is 23.8 Å². The number of amides is 3. The van der Waals surface area contributed by atoms with Gasteiger partial charge in [-0.15, -0.1) is 0 Å². The number of aromatic nitrogens is 1. The molecule has 0 saturated heterocycles. The number of hydrogen-bond donors (Lipinski definition) is 3. The van der Waals surface area contributed by atoms with E-state index in [1.54, 1.807) is 37.6 Å². The fraction of sp³-hybridized carbons (Fsp3) is 0.290. The number of anilines is 2. The molecule has 0 fully saturated rings. The molecule has 2 atom stereocenters. The van der Waals surface area contributed by atoms with Gasteiger partial charge in [-0.25, -0.2) is 4.79 Å². The summed E-state index contributed by atoms with van der Waals surface area (Å²) in [6, 6.07) is 16.4. The Morgan fingerprint density at radius 2 is 1.88 bits per heavy atom. The fourth-order valence-corrected chi connectivity index (χ4v) is 5.36. The Labute approximate surface area is 232 Å². The summed E-state index contributed by atoms with van der Waals surface area (Å²) in [5.41, 5.74) is 5.20. The van der Waals surface area contributed by atoms with Gasteiger partial charge in [0.2, 0.25) is 11.8 Å². The molecule has 9 heteroatoms. The molecule has 3 amide bonds. The van der Waals surface area contributed by atoms with E-state index in [0.717, 1.165) is 46.5 Å². The number of fused-ring (bicyclic) bond motifs is 4. The lowest BCUT2D eigenvalue weighted by atomic mass is 9.92. The lowest BCUT2D eigenvalue weighted by molar-refractivity contribution is -0.129. The van der Waals surface area contributed by atoms with Crippen molar-refractivity contribution in [2.75, 3.05) is 24.3 Å². The van der Waals surface area contributed by atoms with Gasteiger partial charge in [0, 0.05) is 36.0 Å². The van der Waals surface area contributed by atoms with Gasteiger partial charge in [0.15, 0.2) is 0 Å². The van der Waals surface area contributed by atoms with Crippen LogP contribution in [0.3, 0.4) is 0 Å². The topological polar surface area (TPSA) is 121 Å². The van der Waals surface area contributed by atoms with E-state index in [1.807, 2.05) is 48.2 Å². The number of hydrogen-bond acceptors (Lipinski definition) is 5. The number of nitrogens with zero attached hydrogens (tertiary/aromatic N) is 2. The fourth-order valence-electron chi connectivity index (χ4n) is 5.36. The molecule has 5 rings (SSSR count). The number of methoxy groups -OCH3 is 1. The van der Waals surface area contributed by atoms with Crippen LogP contribution in [0.15, 0.2) is 66.9 Å². The second-order valence-corrected chi connectivity index (χ2v) is 10.2. The van der Waals surface area contributed by atoms with Crippen molar-refractivity contribution < 1.29 is 24.2 Å². The summed E-state index contributed by atoms with van der Waals surface area (Å²) in [6.45, 7) is 2.44. The summed E-state index contributed by atoms with van der Waals surface area (Å²) in [6.07, 6.45) is 5.02. The molecule has 0 unspecified atom stereocenters. The van der Waals surface area contributed by atoms with Gasteiger partial charge in [-0.2, -0.15) is 0 Å². The van der Waals surface area contributed by atoms with Crippen LogP contribution < -0.4 is 15.4 Å². The molecule has 1 aromatic heterocycles. The molecule has 3 heterocycles. The zero-order valence-corrected chi connectivity index (χ0v) is 22.5. The van der Waals surface area contributed by atoms with Crippen molar-refractivity contribution in [2.24, 2.45) is 5.92 Å². The Hall–Kier alpha value is -4.66. The molecular weight excluding hydrogens is 508 g/mol. The Morgan fingerprint density at radius 3 is 2.60 bits per heavy atom. The third-order valence-corrected chi connectivity index (χ3v) is 7.56. The Balaban J connectivity index is 1.50. The maximum atomic E-state index is 13.5. The third-order valence-electron chi connectivity index (χ3n) is 7.56. The van der Waals surface area contributed by atoms with Crippen LogP contribution in [0.5, 0.6) is 5.75 Å². The maximum Gasteiger partial charge on any atom is 0.409 e. The highest BCUT2D eigenvalue weighted by Crippen LogP contribution is 2.37. The molecule has 3 N–H and O–H groups in total. The van der Waals surface area contributed by atoms with Gasteiger partial charge < -0.3 is 20.1 Å². The van der Waals surface area contributed by atoms with Crippen LogP contribution in [-0.2, 0) is 9.59 Å². The Bertz CT molecular complexity index is 1470. The molecule has 0 saturated carbocycles. The average molecular weight is 541 g/mol. The standard InChI is InChI=1S/C31H32N4O5/c1-19-4-3-5-28(35-15-13-21(17-29(35)36)20-6-9-24(40-2)10-7-20)27-16-22(12-14-32-27)25-11-8-23(33-31(38)39)18-26(25)34-30(19)37/h6-12,14,16-19,28,33H,3-5,13,15H2,1-2H3,(H,34,37)(H,38,39)/t19-,28+/m1/s1. The van der Waals surface area contributed by atoms with Gasteiger partial charge >= 0.3 is 6.09 Å². The zero-order chi connectivity index (χ0) is 28.2. The highest BCUT2D eigenvalue weighted by molar-refractivity contribution is 5.99. The van der Waals surface area contributed by atoms with Gasteiger partial charge in [0.05, 0.1) is 24.5 Å². The van der Waals surface area contributed by atoms with Crippen molar-refractivity contribution in [3.8, 4) is 16.9 Å².